The summed E-state index contributed by atoms with van der Waals surface area (Å²) in [5.74, 6) is -0.0414. The van der Waals surface area contributed by atoms with Crippen LogP contribution >= 0.6 is 11.3 Å². The molecule has 0 unspecified atom stereocenters. The molecule has 0 saturated carbocycles. The Morgan fingerprint density at radius 3 is 2.29 bits per heavy atom. The lowest BCUT2D eigenvalue weighted by Gasteiger charge is -2.04. The molecule has 0 bridgehead atoms. The average Bonchev–Trinajstić information content (AvgIpc) is 2.58. The molecule has 0 saturated heterocycles. The van der Waals surface area contributed by atoms with Gasteiger partial charge >= 0.3 is 0 Å². The van der Waals surface area contributed by atoms with Gasteiger partial charge in [-0.2, -0.15) is 0 Å². The van der Waals surface area contributed by atoms with E-state index in [1.165, 1.54) is 27.8 Å². The number of hydrogen-bond donors (Lipinski definition) is 1. The molecular formula is C14H15NOS. The van der Waals surface area contributed by atoms with Gasteiger partial charge in [0.1, 0.15) is 0 Å². The van der Waals surface area contributed by atoms with Crippen molar-refractivity contribution in [2.24, 2.45) is 0 Å². The summed E-state index contributed by atoms with van der Waals surface area (Å²) in [7, 11) is 0. The summed E-state index contributed by atoms with van der Waals surface area (Å²) in [4.78, 5) is 13.6. The standard InChI is InChI=1S/C14H15NOS/c1-9-8-14(10(2)17-9)12-4-6-13(7-5-12)15-11(3)16/h4-8H,1-3H3,(H,15,16). The minimum absolute atomic E-state index is 0.0414. The second-order valence-corrected chi connectivity index (χ2v) is 5.55. The quantitative estimate of drug-likeness (QED) is 0.851. The number of benzene rings is 1. The largest absolute Gasteiger partial charge is 0.326 e. The maximum atomic E-state index is 10.9. The fraction of sp³-hybridized carbons (Fsp3) is 0.214. The lowest BCUT2D eigenvalue weighted by atomic mass is 10.1. The van der Waals surface area contributed by atoms with Crippen LogP contribution in [0.1, 0.15) is 16.7 Å². The summed E-state index contributed by atoms with van der Waals surface area (Å²) >= 11 is 1.81. The number of hydrogen-bond acceptors (Lipinski definition) is 2. The van der Waals surface area contributed by atoms with Crippen LogP contribution in [0.25, 0.3) is 11.1 Å². The summed E-state index contributed by atoms with van der Waals surface area (Å²) in [5.41, 5.74) is 3.31. The second kappa shape index (κ2) is 4.72. The third kappa shape index (κ3) is 2.74. The summed E-state index contributed by atoms with van der Waals surface area (Å²) in [6, 6.07) is 10.2. The molecule has 1 aromatic heterocycles. The predicted molar refractivity (Wildman–Crippen MR) is 73.5 cm³/mol. The van der Waals surface area contributed by atoms with Crippen LogP contribution in [0.4, 0.5) is 5.69 Å². The molecule has 0 aliphatic carbocycles. The number of carbonyl (C=O) groups excluding carboxylic acids is 1. The van der Waals surface area contributed by atoms with Gasteiger partial charge in [0.2, 0.25) is 5.91 Å². The van der Waals surface area contributed by atoms with Crippen LogP contribution in [-0.2, 0) is 4.79 Å². The lowest BCUT2D eigenvalue weighted by Crippen LogP contribution is -2.05. The molecule has 2 nitrogen and oxygen atoms in total. The van der Waals surface area contributed by atoms with Crippen LogP contribution in [0, 0.1) is 13.8 Å². The van der Waals surface area contributed by atoms with Crippen molar-refractivity contribution < 1.29 is 4.79 Å². The van der Waals surface area contributed by atoms with Crippen LogP contribution < -0.4 is 5.32 Å². The van der Waals surface area contributed by atoms with Gasteiger partial charge in [0.25, 0.3) is 0 Å². The van der Waals surface area contributed by atoms with Gasteiger partial charge in [0.05, 0.1) is 0 Å². The zero-order valence-electron chi connectivity index (χ0n) is 10.2. The van der Waals surface area contributed by atoms with Crippen molar-refractivity contribution in [2.45, 2.75) is 20.8 Å². The molecule has 0 spiro atoms. The Morgan fingerprint density at radius 2 is 1.82 bits per heavy atom. The number of rotatable bonds is 2. The molecular weight excluding hydrogens is 230 g/mol. The number of anilines is 1. The van der Waals surface area contributed by atoms with E-state index in [4.69, 9.17) is 0 Å². The highest BCUT2D eigenvalue weighted by Gasteiger charge is 2.05. The Labute approximate surface area is 105 Å². The maximum absolute atomic E-state index is 10.9. The summed E-state index contributed by atoms with van der Waals surface area (Å²) in [6.45, 7) is 5.77. The highest BCUT2D eigenvalue weighted by atomic mass is 32.1. The van der Waals surface area contributed by atoms with E-state index < -0.39 is 0 Å². The van der Waals surface area contributed by atoms with Crippen LogP contribution in [0.15, 0.2) is 30.3 Å². The molecule has 0 fully saturated rings. The topological polar surface area (TPSA) is 29.1 Å². The van der Waals surface area contributed by atoms with E-state index in [0.717, 1.165) is 5.69 Å². The molecule has 17 heavy (non-hydrogen) atoms. The zero-order chi connectivity index (χ0) is 12.4. The van der Waals surface area contributed by atoms with Gasteiger partial charge in [0, 0.05) is 22.4 Å². The van der Waals surface area contributed by atoms with Crippen molar-refractivity contribution >= 4 is 22.9 Å². The van der Waals surface area contributed by atoms with Crippen molar-refractivity contribution in [1.29, 1.82) is 0 Å². The second-order valence-electron chi connectivity index (χ2n) is 4.09. The van der Waals surface area contributed by atoms with Crippen LogP contribution in [0.3, 0.4) is 0 Å². The minimum Gasteiger partial charge on any atom is -0.326 e. The molecule has 0 atom stereocenters. The third-order valence-corrected chi connectivity index (χ3v) is 3.52. The lowest BCUT2D eigenvalue weighted by molar-refractivity contribution is -0.114. The van der Waals surface area contributed by atoms with E-state index in [1.807, 2.05) is 35.6 Å². The van der Waals surface area contributed by atoms with E-state index in [0.29, 0.717) is 0 Å². The van der Waals surface area contributed by atoms with Crippen molar-refractivity contribution in [3.8, 4) is 11.1 Å². The van der Waals surface area contributed by atoms with E-state index in [2.05, 4.69) is 25.2 Å². The van der Waals surface area contributed by atoms with Crippen LogP contribution in [0.2, 0.25) is 0 Å². The molecule has 3 heteroatoms. The normalized spacial score (nSPS) is 10.3. The van der Waals surface area contributed by atoms with E-state index >= 15 is 0 Å². The fourth-order valence-electron chi connectivity index (χ4n) is 1.85. The molecule has 2 aromatic rings. The van der Waals surface area contributed by atoms with Gasteiger partial charge in [-0.25, -0.2) is 0 Å². The van der Waals surface area contributed by atoms with E-state index in [9.17, 15) is 4.79 Å². The van der Waals surface area contributed by atoms with Crippen molar-refractivity contribution in [2.75, 3.05) is 5.32 Å². The Hall–Kier alpha value is -1.61. The van der Waals surface area contributed by atoms with Gasteiger partial charge in [0.15, 0.2) is 0 Å². The summed E-state index contributed by atoms with van der Waals surface area (Å²) in [5, 5.41) is 2.77. The number of nitrogens with one attached hydrogen (secondary N) is 1. The van der Waals surface area contributed by atoms with Crippen molar-refractivity contribution in [3.63, 3.8) is 0 Å². The van der Waals surface area contributed by atoms with Gasteiger partial charge in [-0.05, 0) is 43.2 Å². The molecule has 0 radical (unpaired) electrons. The Bertz CT molecular complexity index is 540. The van der Waals surface area contributed by atoms with E-state index in [-0.39, 0.29) is 5.91 Å². The Kier molecular flexibility index (Phi) is 3.29. The third-order valence-electron chi connectivity index (χ3n) is 2.56. The number of thiophene rings is 1. The molecule has 1 amide bonds. The van der Waals surface area contributed by atoms with Crippen LogP contribution in [0.5, 0.6) is 0 Å². The monoisotopic (exact) mass is 245 g/mol. The van der Waals surface area contributed by atoms with Crippen molar-refractivity contribution in [1.82, 2.24) is 0 Å². The molecule has 0 aliphatic rings. The van der Waals surface area contributed by atoms with Gasteiger partial charge in [-0.15, -0.1) is 11.3 Å². The SMILES string of the molecule is CC(=O)Nc1ccc(-c2cc(C)sc2C)cc1. The fourth-order valence-corrected chi connectivity index (χ4v) is 2.80. The zero-order valence-corrected chi connectivity index (χ0v) is 11.0. The minimum atomic E-state index is -0.0414. The predicted octanol–water partition coefficient (Wildman–Crippen LogP) is 3.99. The van der Waals surface area contributed by atoms with Gasteiger partial charge in [-0.3, -0.25) is 4.79 Å². The summed E-state index contributed by atoms with van der Waals surface area (Å²) in [6.07, 6.45) is 0. The van der Waals surface area contributed by atoms with Gasteiger partial charge in [-0.1, -0.05) is 12.1 Å². The summed E-state index contributed by atoms with van der Waals surface area (Å²) < 4.78 is 0. The molecule has 1 aromatic carbocycles. The number of carbonyl (C=O) groups is 1. The van der Waals surface area contributed by atoms with Crippen LogP contribution in [-0.4, -0.2) is 5.91 Å². The molecule has 1 heterocycles. The molecule has 2 rings (SSSR count). The number of amides is 1. The number of aryl methyl sites for hydroxylation is 2. The first-order valence-corrected chi connectivity index (χ1v) is 6.33. The Morgan fingerprint density at radius 1 is 1.18 bits per heavy atom. The molecule has 88 valence electrons. The highest BCUT2D eigenvalue weighted by molar-refractivity contribution is 7.12. The average molecular weight is 245 g/mol. The maximum Gasteiger partial charge on any atom is 0.221 e. The van der Waals surface area contributed by atoms with E-state index in [1.54, 1.807) is 0 Å². The molecule has 0 aliphatic heterocycles. The first-order chi connectivity index (χ1) is 8.06. The highest BCUT2D eigenvalue weighted by Crippen LogP contribution is 2.31. The first-order valence-electron chi connectivity index (χ1n) is 5.51. The molecule has 1 N–H and O–H groups in total. The van der Waals surface area contributed by atoms with Crippen molar-refractivity contribution in [3.05, 3.63) is 40.1 Å². The Balaban J connectivity index is 2.29. The first kappa shape index (κ1) is 11.9. The smallest absolute Gasteiger partial charge is 0.221 e. The van der Waals surface area contributed by atoms with Gasteiger partial charge < -0.3 is 5.32 Å².